The van der Waals surface area contributed by atoms with E-state index in [0.29, 0.717) is 12.5 Å². The van der Waals surface area contributed by atoms with E-state index >= 15 is 0 Å². The minimum absolute atomic E-state index is 0.0656. The summed E-state index contributed by atoms with van der Waals surface area (Å²) in [5.41, 5.74) is 5.34. The van der Waals surface area contributed by atoms with Gasteiger partial charge in [0, 0.05) is 12.6 Å². The maximum Gasteiger partial charge on any atom is 0.321 e. The van der Waals surface area contributed by atoms with Crippen LogP contribution >= 0.6 is 0 Å². The van der Waals surface area contributed by atoms with Gasteiger partial charge in [-0.1, -0.05) is 13.8 Å². The Morgan fingerprint density at radius 1 is 1.25 bits per heavy atom. The fraction of sp³-hybridized carbons (Fsp3) is 0.818. The van der Waals surface area contributed by atoms with Gasteiger partial charge in [-0.25, -0.2) is 0 Å². The van der Waals surface area contributed by atoms with Gasteiger partial charge in [0.2, 0.25) is 5.91 Å². The number of nitrogens with two attached hydrogens (primary N) is 1. The molecule has 16 heavy (non-hydrogen) atoms. The van der Waals surface area contributed by atoms with Crippen molar-refractivity contribution < 1.29 is 14.7 Å². The van der Waals surface area contributed by atoms with Gasteiger partial charge in [0.05, 0.1) is 6.42 Å². The van der Waals surface area contributed by atoms with Crippen LogP contribution in [0.4, 0.5) is 0 Å². The van der Waals surface area contributed by atoms with Gasteiger partial charge >= 0.3 is 5.97 Å². The van der Waals surface area contributed by atoms with Crippen LogP contribution in [0.1, 0.15) is 34.1 Å². The van der Waals surface area contributed by atoms with E-state index in [0.717, 1.165) is 0 Å². The lowest BCUT2D eigenvalue weighted by Crippen LogP contribution is -2.43. The van der Waals surface area contributed by atoms with Gasteiger partial charge in [-0.05, 0) is 19.8 Å². The molecule has 5 heteroatoms. The van der Waals surface area contributed by atoms with Crippen LogP contribution in [0.3, 0.4) is 0 Å². The van der Waals surface area contributed by atoms with Crippen molar-refractivity contribution in [3.63, 3.8) is 0 Å². The molecule has 5 nitrogen and oxygen atoms in total. The summed E-state index contributed by atoms with van der Waals surface area (Å²) in [5, 5.41) is 8.64. The Kier molecular flexibility index (Phi) is 6.03. The van der Waals surface area contributed by atoms with Crippen molar-refractivity contribution in [3.05, 3.63) is 0 Å². The number of carbonyl (C=O) groups excluding carboxylic acids is 1. The molecule has 0 saturated heterocycles. The van der Waals surface area contributed by atoms with E-state index in [4.69, 9.17) is 10.8 Å². The highest BCUT2D eigenvalue weighted by Gasteiger charge is 2.23. The summed E-state index contributed by atoms with van der Waals surface area (Å²) in [6.45, 7) is 8.47. The molecular weight excluding hydrogens is 208 g/mol. The van der Waals surface area contributed by atoms with Gasteiger partial charge < -0.3 is 15.7 Å². The molecule has 94 valence electrons. The third-order valence-corrected chi connectivity index (χ3v) is 2.22. The van der Waals surface area contributed by atoms with Crippen molar-refractivity contribution in [2.75, 3.05) is 6.54 Å². The lowest BCUT2D eigenvalue weighted by atomic mass is 10.1. The van der Waals surface area contributed by atoms with E-state index in [1.807, 2.05) is 27.7 Å². The molecule has 0 aliphatic heterocycles. The molecule has 0 aromatic heterocycles. The molecule has 0 rings (SSSR count). The molecule has 3 N–H and O–H groups in total. The molecule has 0 aromatic rings. The van der Waals surface area contributed by atoms with E-state index < -0.39 is 12.0 Å². The number of nitrogens with zero attached hydrogens (tertiary/aromatic N) is 1. The van der Waals surface area contributed by atoms with E-state index in [2.05, 4.69) is 0 Å². The number of hydrogen-bond acceptors (Lipinski definition) is 3. The van der Waals surface area contributed by atoms with Crippen LogP contribution in [0.15, 0.2) is 0 Å². The summed E-state index contributed by atoms with van der Waals surface area (Å²) < 4.78 is 0. The minimum Gasteiger partial charge on any atom is -0.480 e. The van der Waals surface area contributed by atoms with Crippen LogP contribution in [0.25, 0.3) is 0 Å². The van der Waals surface area contributed by atoms with Crippen molar-refractivity contribution in [2.45, 2.75) is 46.2 Å². The number of carboxylic acid groups (broad SMARTS) is 1. The zero-order valence-electron chi connectivity index (χ0n) is 10.4. The van der Waals surface area contributed by atoms with Crippen LogP contribution in [0.2, 0.25) is 0 Å². The quantitative estimate of drug-likeness (QED) is 0.703. The molecule has 0 aliphatic carbocycles. The summed E-state index contributed by atoms with van der Waals surface area (Å²) in [7, 11) is 0. The van der Waals surface area contributed by atoms with E-state index in [-0.39, 0.29) is 18.4 Å². The Bertz CT molecular complexity index is 252. The highest BCUT2D eigenvalue weighted by atomic mass is 16.4. The summed E-state index contributed by atoms with van der Waals surface area (Å²) in [6, 6.07) is -1.04. The number of hydrogen-bond donors (Lipinski definition) is 2. The predicted molar refractivity (Wildman–Crippen MR) is 61.9 cm³/mol. The van der Waals surface area contributed by atoms with Gasteiger partial charge in [0.1, 0.15) is 6.04 Å². The molecule has 0 fully saturated rings. The standard InChI is InChI=1S/C11H22N2O3/c1-7(2)6-13(8(3)4)10(14)5-9(12)11(15)16/h7-9H,5-6,12H2,1-4H3,(H,15,16)/t9-/m0/s1. The fourth-order valence-electron chi connectivity index (χ4n) is 1.39. The molecule has 0 heterocycles. The highest BCUT2D eigenvalue weighted by Crippen LogP contribution is 2.07. The number of rotatable bonds is 6. The first-order valence-electron chi connectivity index (χ1n) is 5.53. The molecule has 1 amide bonds. The lowest BCUT2D eigenvalue weighted by molar-refractivity contribution is -0.143. The zero-order chi connectivity index (χ0) is 12.9. The fourth-order valence-corrected chi connectivity index (χ4v) is 1.39. The van der Waals surface area contributed by atoms with Gasteiger partial charge in [-0.2, -0.15) is 0 Å². The maximum absolute atomic E-state index is 11.8. The molecule has 0 radical (unpaired) electrons. The number of carbonyl (C=O) groups is 2. The van der Waals surface area contributed by atoms with E-state index in [1.54, 1.807) is 4.90 Å². The monoisotopic (exact) mass is 230 g/mol. The van der Waals surface area contributed by atoms with Crippen LogP contribution in [0, 0.1) is 5.92 Å². The Labute approximate surface area is 96.6 Å². The normalized spacial score (nSPS) is 12.9. The molecule has 0 aliphatic rings. The number of aliphatic carboxylic acids is 1. The smallest absolute Gasteiger partial charge is 0.321 e. The molecule has 1 atom stereocenters. The summed E-state index contributed by atoms with van der Waals surface area (Å²) in [6.07, 6.45) is -0.139. The molecule has 0 bridgehead atoms. The van der Waals surface area contributed by atoms with Crippen LogP contribution in [-0.2, 0) is 9.59 Å². The number of carboxylic acids is 1. The first kappa shape index (κ1) is 14.9. The Balaban J connectivity index is 4.44. The minimum atomic E-state index is -1.14. The van der Waals surface area contributed by atoms with Crippen molar-refractivity contribution in [1.82, 2.24) is 4.90 Å². The molecule has 0 saturated carbocycles. The first-order valence-corrected chi connectivity index (χ1v) is 5.53. The van der Waals surface area contributed by atoms with Crippen LogP contribution in [0.5, 0.6) is 0 Å². The Morgan fingerprint density at radius 2 is 1.75 bits per heavy atom. The molecule has 0 spiro atoms. The second kappa shape index (κ2) is 6.48. The van der Waals surface area contributed by atoms with E-state index in [1.165, 1.54) is 0 Å². The second-order valence-corrected chi connectivity index (χ2v) is 4.68. The Morgan fingerprint density at radius 3 is 2.06 bits per heavy atom. The zero-order valence-corrected chi connectivity index (χ0v) is 10.4. The first-order chi connectivity index (χ1) is 7.25. The maximum atomic E-state index is 11.8. The third kappa shape index (κ3) is 5.11. The predicted octanol–water partition coefficient (Wildman–Crippen LogP) is 0.681. The molecular formula is C11H22N2O3. The van der Waals surface area contributed by atoms with Crippen molar-refractivity contribution in [3.8, 4) is 0 Å². The van der Waals surface area contributed by atoms with E-state index in [9.17, 15) is 9.59 Å². The van der Waals surface area contributed by atoms with Crippen molar-refractivity contribution >= 4 is 11.9 Å². The van der Waals surface area contributed by atoms with Gasteiger partial charge in [-0.3, -0.25) is 9.59 Å². The van der Waals surface area contributed by atoms with Crippen LogP contribution < -0.4 is 5.73 Å². The largest absolute Gasteiger partial charge is 0.480 e. The highest BCUT2D eigenvalue weighted by molar-refractivity contribution is 5.84. The van der Waals surface area contributed by atoms with Crippen molar-refractivity contribution in [1.29, 1.82) is 0 Å². The van der Waals surface area contributed by atoms with Gasteiger partial charge in [-0.15, -0.1) is 0 Å². The molecule has 0 unspecified atom stereocenters. The molecule has 0 aromatic carbocycles. The third-order valence-electron chi connectivity index (χ3n) is 2.22. The van der Waals surface area contributed by atoms with Gasteiger partial charge in [0.15, 0.2) is 0 Å². The summed E-state index contributed by atoms with van der Waals surface area (Å²) >= 11 is 0. The summed E-state index contributed by atoms with van der Waals surface area (Å²) in [4.78, 5) is 24.0. The second-order valence-electron chi connectivity index (χ2n) is 4.68. The number of amides is 1. The summed E-state index contributed by atoms with van der Waals surface area (Å²) in [5.74, 6) is -0.979. The van der Waals surface area contributed by atoms with Crippen LogP contribution in [-0.4, -0.2) is 40.5 Å². The lowest BCUT2D eigenvalue weighted by Gasteiger charge is -2.29. The SMILES string of the molecule is CC(C)CN(C(=O)C[C@H](N)C(=O)O)C(C)C. The average molecular weight is 230 g/mol. The Hall–Kier alpha value is -1.10. The van der Waals surface area contributed by atoms with Crippen molar-refractivity contribution in [2.24, 2.45) is 11.7 Å². The average Bonchev–Trinajstić information content (AvgIpc) is 2.12. The van der Waals surface area contributed by atoms with Gasteiger partial charge in [0.25, 0.3) is 0 Å². The topological polar surface area (TPSA) is 83.6 Å².